The van der Waals surface area contributed by atoms with Crippen LogP contribution in [0.3, 0.4) is 0 Å². The molecule has 4 heteroatoms. The Morgan fingerprint density at radius 3 is 2.55 bits per heavy atom. The summed E-state index contributed by atoms with van der Waals surface area (Å²) in [5.74, 6) is 0. The first-order valence-electron chi connectivity index (χ1n) is 6.77. The molecule has 104 valence electrons. The summed E-state index contributed by atoms with van der Waals surface area (Å²) in [7, 11) is 1.95. The van der Waals surface area contributed by atoms with Crippen molar-refractivity contribution >= 4 is 0 Å². The maximum Gasteiger partial charge on any atom is 0.0641 e. The van der Waals surface area contributed by atoms with Crippen molar-refractivity contribution < 1.29 is 0 Å². The van der Waals surface area contributed by atoms with Gasteiger partial charge in [0.05, 0.1) is 18.2 Å². The van der Waals surface area contributed by atoms with Gasteiger partial charge in [0.25, 0.3) is 0 Å². The van der Waals surface area contributed by atoms with Gasteiger partial charge in [0.2, 0.25) is 0 Å². The summed E-state index contributed by atoms with van der Waals surface area (Å²) in [5, 5.41) is 16.9. The first kappa shape index (κ1) is 14.3. The van der Waals surface area contributed by atoms with Gasteiger partial charge in [-0.15, -0.1) is 0 Å². The van der Waals surface area contributed by atoms with E-state index in [1.54, 1.807) is 0 Å². The molecule has 1 unspecified atom stereocenters. The molecule has 0 saturated heterocycles. The number of hydrogen-bond acceptors (Lipinski definition) is 3. The van der Waals surface area contributed by atoms with Crippen LogP contribution in [0.25, 0.3) is 0 Å². The summed E-state index contributed by atoms with van der Waals surface area (Å²) < 4.78 is 1.90. The number of aromatic nitrogens is 2. The molecule has 2 aromatic rings. The molecule has 0 fully saturated rings. The van der Waals surface area contributed by atoms with Gasteiger partial charge in [-0.2, -0.15) is 10.4 Å². The van der Waals surface area contributed by atoms with Crippen LogP contribution in [0.5, 0.6) is 0 Å². The fourth-order valence-electron chi connectivity index (χ4n) is 2.38. The molecular formula is C16H20N4. The highest BCUT2D eigenvalue weighted by Gasteiger charge is 2.14. The van der Waals surface area contributed by atoms with Crippen LogP contribution < -0.4 is 5.32 Å². The number of nitrogens with one attached hydrogen (secondary N) is 1. The maximum atomic E-state index is 9.00. The number of nitriles is 1. The SMILES string of the molecule is Cc1nn(C)c(C)c1CNC(CC#N)c1ccccc1. The molecule has 0 amide bonds. The fraction of sp³-hybridized carbons (Fsp3) is 0.375. The topological polar surface area (TPSA) is 53.6 Å². The van der Waals surface area contributed by atoms with Crippen molar-refractivity contribution in [2.45, 2.75) is 32.9 Å². The van der Waals surface area contributed by atoms with E-state index < -0.39 is 0 Å². The average molecular weight is 268 g/mol. The third kappa shape index (κ3) is 3.06. The van der Waals surface area contributed by atoms with Crippen molar-refractivity contribution in [2.75, 3.05) is 0 Å². The molecule has 4 nitrogen and oxygen atoms in total. The van der Waals surface area contributed by atoms with Gasteiger partial charge in [-0.3, -0.25) is 4.68 Å². The molecule has 1 aromatic carbocycles. The van der Waals surface area contributed by atoms with Crippen molar-refractivity contribution in [3.8, 4) is 6.07 Å². The van der Waals surface area contributed by atoms with Gasteiger partial charge < -0.3 is 5.32 Å². The summed E-state index contributed by atoms with van der Waals surface area (Å²) in [6, 6.07) is 12.4. The number of aryl methyl sites for hydroxylation is 2. The lowest BCUT2D eigenvalue weighted by atomic mass is 10.0. The monoisotopic (exact) mass is 268 g/mol. The van der Waals surface area contributed by atoms with Gasteiger partial charge in [0.15, 0.2) is 0 Å². The van der Waals surface area contributed by atoms with Gasteiger partial charge in [-0.1, -0.05) is 30.3 Å². The van der Waals surface area contributed by atoms with E-state index in [0.717, 1.165) is 17.8 Å². The van der Waals surface area contributed by atoms with Crippen molar-refractivity contribution in [2.24, 2.45) is 7.05 Å². The Hall–Kier alpha value is -2.12. The van der Waals surface area contributed by atoms with Crippen LogP contribution in [0.2, 0.25) is 0 Å². The second-order valence-corrected chi connectivity index (χ2v) is 4.98. The zero-order valence-corrected chi connectivity index (χ0v) is 12.2. The van der Waals surface area contributed by atoms with Gasteiger partial charge in [-0.05, 0) is 19.4 Å². The summed E-state index contributed by atoms with van der Waals surface area (Å²) in [6.45, 7) is 4.82. The molecule has 20 heavy (non-hydrogen) atoms. The number of rotatable bonds is 5. The summed E-state index contributed by atoms with van der Waals surface area (Å²) >= 11 is 0. The van der Waals surface area contributed by atoms with E-state index in [0.29, 0.717) is 6.42 Å². The largest absolute Gasteiger partial charge is 0.305 e. The highest BCUT2D eigenvalue weighted by molar-refractivity contribution is 5.25. The fourth-order valence-corrected chi connectivity index (χ4v) is 2.38. The van der Waals surface area contributed by atoms with Crippen LogP contribution >= 0.6 is 0 Å². The van der Waals surface area contributed by atoms with E-state index in [-0.39, 0.29) is 6.04 Å². The number of benzene rings is 1. The normalized spacial score (nSPS) is 12.1. The minimum atomic E-state index is 0.0557. The highest BCUT2D eigenvalue weighted by atomic mass is 15.3. The molecule has 0 radical (unpaired) electrons. The molecule has 1 N–H and O–H groups in total. The van der Waals surface area contributed by atoms with Crippen LogP contribution in [0.4, 0.5) is 0 Å². The minimum absolute atomic E-state index is 0.0557. The minimum Gasteiger partial charge on any atom is -0.305 e. The first-order valence-corrected chi connectivity index (χ1v) is 6.77. The Bertz CT molecular complexity index is 607. The number of hydrogen-bond donors (Lipinski definition) is 1. The lowest BCUT2D eigenvalue weighted by Crippen LogP contribution is -2.21. The van der Waals surface area contributed by atoms with Crippen molar-refractivity contribution in [1.29, 1.82) is 5.26 Å². The Morgan fingerprint density at radius 2 is 2.00 bits per heavy atom. The zero-order chi connectivity index (χ0) is 14.5. The van der Waals surface area contributed by atoms with Gasteiger partial charge in [0, 0.05) is 30.9 Å². The van der Waals surface area contributed by atoms with Crippen LogP contribution in [-0.4, -0.2) is 9.78 Å². The standard InChI is InChI=1S/C16H20N4/c1-12-15(13(2)20(3)19-12)11-18-16(9-10-17)14-7-5-4-6-8-14/h4-8,16,18H,9,11H2,1-3H3. The van der Waals surface area contributed by atoms with Crippen molar-refractivity contribution in [3.05, 3.63) is 52.8 Å². The lowest BCUT2D eigenvalue weighted by molar-refractivity contribution is 0.540. The van der Waals surface area contributed by atoms with Gasteiger partial charge >= 0.3 is 0 Å². The molecule has 0 aliphatic rings. The van der Waals surface area contributed by atoms with Crippen molar-refractivity contribution in [1.82, 2.24) is 15.1 Å². The Morgan fingerprint density at radius 1 is 1.30 bits per heavy atom. The Kier molecular flexibility index (Phi) is 4.54. The maximum absolute atomic E-state index is 9.00. The van der Waals surface area contributed by atoms with Gasteiger partial charge in [0.1, 0.15) is 0 Å². The highest BCUT2D eigenvalue weighted by Crippen LogP contribution is 2.18. The van der Waals surface area contributed by atoms with Crippen LogP contribution in [0, 0.1) is 25.2 Å². The number of nitrogens with zero attached hydrogens (tertiary/aromatic N) is 3. The summed E-state index contributed by atoms with van der Waals surface area (Å²) in [6.07, 6.45) is 0.461. The second kappa shape index (κ2) is 6.36. The van der Waals surface area contributed by atoms with Crippen molar-refractivity contribution in [3.63, 3.8) is 0 Å². The molecule has 0 saturated carbocycles. The third-order valence-electron chi connectivity index (χ3n) is 3.68. The van der Waals surface area contributed by atoms with E-state index in [4.69, 9.17) is 5.26 Å². The summed E-state index contributed by atoms with van der Waals surface area (Å²) in [5.41, 5.74) is 4.57. The molecule has 0 bridgehead atoms. The first-order chi connectivity index (χ1) is 9.63. The smallest absolute Gasteiger partial charge is 0.0641 e. The second-order valence-electron chi connectivity index (χ2n) is 4.98. The summed E-state index contributed by atoms with van der Waals surface area (Å²) in [4.78, 5) is 0. The van der Waals surface area contributed by atoms with E-state index in [1.165, 1.54) is 11.3 Å². The van der Waals surface area contributed by atoms with E-state index in [1.807, 2.05) is 36.9 Å². The molecule has 1 aromatic heterocycles. The predicted molar refractivity (Wildman–Crippen MR) is 78.9 cm³/mol. The van der Waals surface area contributed by atoms with Crippen LogP contribution in [-0.2, 0) is 13.6 Å². The predicted octanol–water partition coefficient (Wildman–Crippen LogP) is 2.78. The van der Waals surface area contributed by atoms with Gasteiger partial charge in [-0.25, -0.2) is 0 Å². The van der Waals surface area contributed by atoms with E-state index in [2.05, 4.69) is 35.5 Å². The van der Waals surface area contributed by atoms with E-state index in [9.17, 15) is 0 Å². The molecule has 0 spiro atoms. The molecule has 0 aliphatic heterocycles. The quantitative estimate of drug-likeness (QED) is 0.907. The zero-order valence-electron chi connectivity index (χ0n) is 12.2. The third-order valence-corrected chi connectivity index (χ3v) is 3.68. The average Bonchev–Trinajstić information content (AvgIpc) is 2.70. The molecular weight excluding hydrogens is 248 g/mol. The van der Waals surface area contributed by atoms with Crippen LogP contribution in [0.15, 0.2) is 30.3 Å². The molecule has 1 atom stereocenters. The molecule has 2 rings (SSSR count). The van der Waals surface area contributed by atoms with Crippen LogP contribution in [0.1, 0.15) is 35.0 Å². The molecule has 1 heterocycles. The van der Waals surface area contributed by atoms with E-state index >= 15 is 0 Å². The Labute approximate surface area is 120 Å². The Balaban J connectivity index is 2.12. The lowest BCUT2D eigenvalue weighted by Gasteiger charge is -2.16. The molecule has 0 aliphatic carbocycles.